The lowest BCUT2D eigenvalue weighted by atomic mass is 9.79. The van der Waals surface area contributed by atoms with Crippen molar-refractivity contribution >= 4 is 11.9 Å². The number of rotatable bonds is 9. The first-order valence-electron chi connectivity index (χ1n) is 5.97. The van der Waals surface area contributed by atoms with Gasteiger partial charge in [0.15, 0.2) is 5.41 Å². The normalized spacial score (nSPS) is 10.6. The maximum atomic E-state index is 11.9. The van der Waals surface area contributed by atoms with Gasteiger partial charge >= 0.3 is 11.9 Å². The zero-order valence-electron chi connectivity index (χ0n) is 11.2. The lowest BCUT2D eigenvalue weighted by Crippen LogP contribution is -2.41. The van der Waals surface area contributed by atoms with E-state index in [-0.39, 0.29) is 6.42 Å². The number of hydrogen-bond donors (Lipinski definition) is 0. The summed E-state index contributed by atoms with van der Waals surface area (Å²) in [5, 5.41) is 0. The first-order valence-corrected chi connectivity index (χ1v) is 5.97. The fourth-order valence-electron chi connectivity index (χ4n) is 1.91. The summed E-state index contributed by atoms with van der Waals surface area (Å²) in [6.07, 6.45) is 6.42. The maximum absolute atomic E-state index is 11.9. The fraction of sp³-hybridized carbons (Fsp3) is 0.571. The third-order valence-corrected chi connectivity index (χ3v) is 2.91. The van der Waals surface area contributed by atoms with E-state index in [0.717, 1.165) is 19.3 Å². The summed E-state index contributed by atoms with van der Waals surface area (Å²) >= 11 is 0. The quantitative estimate of drug-likeness (QED) is 0.275. The average Bonchev–Trinajstić information content (AvgIpc) is 2.40. The Morgan fingerprint density at radius 1 is 1.06 bits per heavy atom. The van der Waals surface area contributed by atoms with Gasteiger partial charge in [0, 0.05) is 0 Å². The molecule has 0 N–H and O–H groups in total. The van der Waals surface area contributed by atoms with E-state index in [1.807, 2.05) is 6.08 Å². The molecule has 0 heterocycles. The number of hydrogen-bond acceptors (Lipinski definition) is 4. The van der Waals surface area contributed by atoms with Crippen LogP contribution in [0, 0.1) is 5.41 Å². The molecule has 0 atom stereocenters. The molecule has 102 valence electrons. The predicted octanol–water partition coefficient (Wildman–Crippen LogP) is 2.64. The summed E-state index contributed by atoms with van der Waals surface area (Å²) in [6, 6.07) is 0. The summed E-state index contributed by atoms with van der Waals surface area (Å²) in [7, 11) is 2.54. The van der Waals surface area contributed by atoms with Gasteiger partial charge in [0.1, 0.15) is 0 Å². The third kappa shape index (κ3) is 4.02. The van der Waals surface area contributed by atoms with Crippen LogP contribution < -0.4 is 0 Å². The lowest BCUT2D eigenvalue weighted by Gasteiger charge is -2.26. The van der Waals surface area contributed by atoms with E-state index in [2.05, 4.69) is 13.2 Å². The Bertz CT molecular complexity index is 291. The van der Waals surface area contributed by atoms with E-state index in [1.165, 1.54) is 14.2 Å². The summed E-state index contributed by atoms with van der Waals surface area (Å²) in [5.41, 5.74) is -1.26. The molecule has 0 aliphatic rings. The highest BCUT2D eigenvalue weighted by atomic mass is 16.5. The van der Waals surface area contributed by atoms with Crippen LogP contribution in [0.2, 0.25) is 0 Å². The molecule has 0 aliphatic carbocycles. The van der Waals surface area contributed by atoms with Gasteiger partial charge in [-0.3, -0.25) is 9.59 Å². The molecular weight excluding hydrogens is 232 g/mol. The molecule has 4 heteroatoms. The third-order valence-electron chi connectivity index (χ3n) is 2.91. The van der Waals surface area contributed by atoms with Crippen LogP contribution in [-0.2, 0) is 19.1 Å². The molecule has 0 aromatic heterocycles. The van der Waals surface area contributed by atoms with Gasteiger partial charge in [-0.05, 0) is 25.7 Å². The number of methoxy groups -OCH3 is 2. The molecule has 0 aromatic rings. The van der Waals surface area contributed by atoms with Crippen LogP contribution in [0.1, 0.15) is 32.1 Å². The zero-order chi connectivity index (χ0) is 14.0. The van der Waals surface area contributed by atoms with Gasteiger partial charge < -0.3 is 9.47 Å². The Hall–Kier alpha value is -1.58. The van der Waals surface area contributed by atoms with Crippen LogP contribution in [0.5, 0.6) is 0 Å². The predicted molar refractivity (Wildman–Crippen MR) is 69.9 cm³/mol. The van der Waals surface area contributed by atoms with E-state index in [0.29, 0.717) is 6.42 Å². The van der Waals surface area contributed by atoms with Crippen LogP contribution in [0.15, 0.2) is 25.3 Å². The molecular formula is C14H22O4. The Morgan fingerprint density at radius 3 is 2.00 bits per heavy atom. The molecule has 0 bridgehead atoms. The smallest absolute Gasteiger partial charge is 0.323 e. The van der Waals surface area contributed by atoms with Gasteiger partial charge in [0.05, 0.1) is 14.2 Å². The topological polar surface area (TPSA) is 52.6 Å². The van der Waals surface area contributed by atoms with E-state index in [1.54, 1.807) is 6.08 Å². The van der Waals surface area contributed by atoms with E-state index in [4.69, 9.17) is 9.47 Å². The van der Waals surface area contributed by atoms with Crippen LogP contribution in [-0.4, -0.2) is 26.2 Å². The number of carbonyl (C=O) groups excluding carboxylic acids is 2. The first-order chi connectivity index (χ1) is 8.58. The largest absolute Gasteiger partial charge is 0.468 e. The molecule has 0 unspecified atom stereocenters. The van der Waals surface area contributed by atoms with Crippen molar-refractivity contribution in [2.75, 3.05) is 14.2 Å². The number of unbranched alkanes of at least 4 members (excludes halogenated alkanes) is 2. The second-order valence-electron chi connectivity index (χ2n) is 4.09. The molecule has 0 amide bonds. The summed E-state index contributed by atoms with van der Waals surface area (Å²) in [6.45, 7) is 7.23. The summed E-state index contributed by atoms with van der Waals surface area (Å²) < 4.78 is 9.48. The minimum absolute atomic E-state index is 0.223. The Balaban J connectivity index is 4.94. The minimum Gasteiger partial charge on any atom is -0.468 e. The van der Waals surface area contributed by atoms with Gasteiger partial charge in [0.2, 0.25) is 0 Å². The number of ether oxygens (including phenoxy) is 2. The SMILES string of the molecule is C=CCCCCC(CC=C)(C(=O)OC)C(=O)OC. The fourth-order valence-corrected chi connectivity index (χ4v) is 1.91. The number of esters is 2. The van der Waals surface area contributed by atoms with Crippen molar-refractivity contribution < 1.29 is 19.1 Å². The standard InChI is InChI=1S/C14H22O4/c1-5-7-8-9-11-14(10-6-2,12(15)17-3)13(16)18-4/h5-6H,1-2,7-11H2,3-4H3. The zero-order valence-corrected chi connectivity index (χ0v) is 11.2. The van der Waals surface area contributed by atoms with Gasteiger partial charge in [0.25, 0.3) is 0 Å². The highest BCUT2D eigenvalue weighted by Gasteiger charge is 2.46. The number of carbonyl (C=O) groups is 2. The van der Waals surface area contributed by atoms with Crippen LogP contribution in [0.25, 0.3) is 0 Å². The van der Waals surface area contributed by atoms with E-state index < -0.39 is 17.4 Å². The molecule has 18 heavy (non-hydrogen) atoms. The van der Waals surface area contributed by atoms with Crippen molar-refractivity contribution in [3.63, 3.8) is 0 Å². The van der Waals surface area contributed by atoms with Crippen LogP contribution in [0.4, 0.5) is 0 Å². The van der Waals surface area contributed by atoms with E-state index >= 15 is 0 Å². The highest BCUT2D eigenvalue weighted by Crippen LogP contribution is 2.33. The van der Waals surface area contributed by atoms with Crippen molar-refractivity contribution in [1.82, 2.24) is 0 Å². The van der Waals surface area contributed by atoms with Crippen molar-refractivity contribution in [1.29, 1.82) is 0 Å². The molecule has 0 saturated heterocycles. The molecule has 0 spiro atoms. The molecule has 0 aliphatic heterocycles. The Morgan fingerprint density at radius 2 is 1.61 bits per heavy atom. The van der Waals surface area contributed by atoms with Gasteiger partial charge in [-0.1, -0.05) is 18.6 Å². The maximum Gasteiger partial charge on any atom is 0.323 e. The lowest BCUT2D eigenvalue weighted by molar-refractivity contribution is -0.169. The first kappa shape index (κ1) is 16.4. The highest BCUT2D eigenvalue weighted by molar-refractivity contribution is 6.00. The van der Waals surface area contributed by atoms with Crippen molar-refractivity contribution in [3.8, 4) is 0 Å². The van der Waals surface area contributed by atoms with Gasteiger partial charge in [-0.25, -0.2) is 0 Å². The minimum atomic E-state index is -1.26. The van der Waals surface area contributed by atoms with Crippen molar-refractivity contribution in [2.24, 2.45) is 5.41 Å². The van der Waals surface area contributed by atoms with E-state index in [9.17, 15) is 9.59 Å². The second-order valence-corrected chi connectivity index (χ2v) is 4.09. The summed E-state index contributed by atoms with van der Waals surface area (Å²) in [4.78, 5) is 23.8. The van der Waals surface area contributed by atoms with Crippen LogP contribution in [0.3, 0.4) is 0 Å². The molecule has 0 radical (unpaired) electrons. The monoisotopic (exact) mass is 254 g/mol. The molecule has 4 nitrogen and oxygen atoms in total. The molecule has 0 saturated carbocycles. The Kier molecular flexibility index (Phi) is 7.76. The van der Waals surface area contributed by atoms with Crippen LogP contribution >= 0.6 is 0 Å². The summed E-state index contributed by atoms with van der Waals surface area (Å²) in [5.74, 6) is -1.12. The van der Waals surface area contributed by atoms with Crippen molar-refractivity contribution in [3.05, 3.63) is 25.3 Å². The molecule has 0 rings (SSSR count). The molecule has 0 fully saturated rings. The van der Waals surface area contributed by atoms with Crippen molar-refractivity contribution in [2.45, 2.75) is 32.1 Å². The molecule has 0 aromatic carbocycles. The van der Waals surface area contributed by atoms with Gasteiger partial charge in [-0.15, -0.1) is 13.2 Å². The van der Waals surface area contributed by atoms with Gasteiger partial charge in [-0.2, -0.15) is 0 Å². The second kappa shape index (κ2) is 8.50. The Labute approximate surface area is 109 Å². The number of allylic oxidation sites excluding steroid dienone is 2. The average molecular weight is 254 g/mol.